The Hall–Kier alpha value is -0.840. The Morgan fingerprint density at radius 1 is 1.38 bits per heavy atom. The molecule has 4 heteroatoms. The maximum absolute atomic E-state index is 5.78. The van der Waals surface area contributed by atoms with E-state index in [0.29, 0.717) is 0 Å². The molecule has 0 amide bonds. The summed E-state index contributed by atoms with van der Waals surface area (Å²) in [5, 5.41) is 0. The number of hydrogen-bond acceptors (Lipinski definition) is 3. The van der Waals surface area contributed by atoms with Crippen molar-refractivity contribution in [1.29, 1.82) is 0 Å². The highest BCUT2D eigenvalue weighted by molar-refractivity contribution is 5.13. The van der Waals surface area contributed by atoms with Crippen LogP contribution in [0.4, 0.5) is 0 Å². The van der Waals surface area contributed by atoms with Crippen molar-refractivity contribution in [3.8, 4) is 0 Å². The Morgan fingerprint density at radius 2 is 2.19 bits per heavy atom. The van der Waals surface area contributed by atoms with E-state index in [9.17, 15) is 0 Å². The van der Waals surface area contributed by atoms with Crippen molar-refractivity contribution in [3.05, 3.63) is 24.0 Å². The quantitative estimate of drug-likeness (QED) is 0.684. The smallest absolute Gasteiger partial charge is 0.0645 e. The van der Waals surface area contributed by atoms with E-state index in [4.69, 9.17) is 15.2 Å². The highest BCUT2D eigenvalue weighted by Gasteiger charge is 2.00. The summed E-state index contributed by atoms with van der Waals surface area (Å²) in [6.07, 6.45) is 5.06. The number of nitrogens with two attached hydrogens (primary N) is 1. The van der Waals surface area contributed by atoms with Crippen LogP contribution in [0.3, 0.4) is 0 Å². The van der Waals surface area contributed by atoms with Gasteiger partial charge in [-0.3, -0.25) is 0 Å². The molecule has 4 nitrogen and oxygen atoms in total. The van der Waals surface area contributed by atoms with Crippen molar-refractivity contribution >= 4 is 0 Å². The first-order valence-corrected chi connectivity index (χ1v) is 5.72. The number of nitrogens with zero attached hydrogens (tertiary/aromatic N) is 1. The SMILES string of the molecule is COCCCOCCn1ccc(C(C)N)c1. The van der Waals surface area contributed by atoms with Crippen LogP contribution in [0.15, 0.2) is 18.5 Å². The maximum atomic E-state index is 5.78. The third kappa shape index (κ3) is 4.79. The number of ether oxygens (including phenoxy) is 2. The maximum Gasteiger partial charge on any atom is 0.0645 e. The summed E-state index contributed by atoms with van der Waals surface area (Å²) in [5.74, 6) is 0. The molecule has 0 saturated carbocycles. The zero-order valence-corrected chi connectivity index (χ0v) is 10.2. The molecule has 0 fully saturated rings. The number of rotatable bonds is 8. The average molecular weight is 226 g/mol. The zero-order chi connectivity index (χ0) is 11.8. The van der Waals surface area contributed by atoms with Gasteiger partial charge in [0.2, 0.25) is 0 Å². The van der Waals surface area contributed by atoms with Gasteiger partial charge in [-0.2, -0.15) is 0 Å². The van der Waals surface area contributed by atoms with Crippen LogP contribution in [0.25, 0.3) is 0 Å². The Kier molecular flexibility index (Phi) is 6.15. The largest absolute Gasteiger partial charge is 0.385 e. The predicted molar refractivity (Wildman–Crippen MR) is 64.3 cm³/mol. The van der Waals surface area contributed by atoms with Gasteiger partial charge in [0.05, 0.1) is 6.61 Å². The first kappa shape index (κ1) is 13.2. The third-order valence-electron chi connectivity index (χ3n) is 2.43. The van der Waals surface area contributed by atoms with Crippen LogP contribution in [0.2, 0.25) is 0 Å². The summed E-state index contributed by atoms with van der Waals surface area (Å²) in [7, 11) is 1.70. The second-order valence-corrected chi connectivity index (χ2v) is 3.93. The fraction of sp³-hybridized carbons (Fsp3) is 0.667. The van der Waals surface area contributed by atoms with Crippen LogP contribution in [0.5, 0.6) is 0 Å². The van der Waals surface area contributed by atoms with Crippen molar-refractivity contribution in [2.24, 2.45) is 5.73 Å². The van der Waals surface area contributed by atoms with E-state index in [2.05, 4.69) is 16.8 Å². The zero-order valence-electron chi connectivity index (χ0n) is 10.2. The van der Waals surface area contributed by atoms with Gasteiger partial charge in [-0.15, -0.1) is 0 Å². The van der Waals surface area contributed by atoms with E-state index in [-0.39, 0.29) is 6.04 Å². The molecule has 0 bridgehead atoms. The second kappa shape index (κ2) is 7.44. The summed E-state index contributed by atoms with van der Waals surface area (Å²) in [5.41, 5.74) is 6.94. The fourth-order valence-electron chi connectivity index (χ4n) is 1.45. The molecule has 1 aromatic rings. The number of hydrogen-bond donors (Lipinski definition) is 1. The Bertz CT molecular complexity index is 284. The van der Waals surface area contributed by atoms with Crippen molar-refractivity contribution in [1.82, 2.24) is 4.57 Å². The molecule has 1 aromatic heterocycles. The summed E-state index contributed by atoms with van der Waals surface area (Å²) in [6.45, 7) is 5.12. The summed E-state index contributed by atoms with van der Waals surface area (Å²) >= 11 is 0. The minimum Gasteiger partial charge on any atom is -0.385 e. The lowest BCUT2D eigenvalue weighted by Crippen LogP contribution is -2.07. The molecule has 92 valence electrons. The normalized spacial score (nSPS) is 12.9. The van der Waals surface area contributed by atoms with Gasteiger partial charge in [-0.1, -0.05) is 0 Å². The van der Waals surface area contributed by atoms with Gasteiger partial charge in [0.15, 0.2) is 0 Å². The monoisotopic (exact) mass is 226 g/mol. The van der Waals surface area contributed by atoms with Gasteiger partial charge >= 0.3 is 0 Å². The molecule has 0 aromatic carbocycles. The highest BCUT2D eigenvalue weighted by atomic mass is 16.5. The van der Waals surface area contributed by atoms with Crippen molar-refractivity contribution in [2.75, 3.05) is 26.9 Å². The van der Waals surface area contributed by atoms with E-state index in [1.807, 2.05) is 13.1 Å². The molecule has 2 N–H and O–H groups in total. The number of aromatic nitrogens is 1. The van der Waals surface area contributed by atoms with Gasteiger partial charge in [0.1, 0.15) is 0 Å². The molecule has 0 aliphatic rings. The van der Waals surface area contributed by atoms with Gasteiger partial charge in [0, 0.05) is 45.3 Å². The van der Waals surface area contributed by atoms with E-state index >= 15 is 0 Å². The topological polar surface area (TPSA) is 49.4 Å². The molecule has 0 spiro atoms. The fourth-order valence-corrected chi connectivity index (χ4v) is 1.45. The van der Waals surface area contributed by atoms with Crippen LogP contribution in [-0.4, -0.2) is 31.5 Å². The van der Waals surface area contributed by atoms with E-state index < -0.39 is 0 Å². The highest BCUT2D eigenvalue weighted by Crippen LogP contribution is 2.09. The lowest BCUT2D eigenvalue weighted by atomic mass is 10.2. The number of methoxy groups -OCH3 is 1. The van der Waals surface area contributed by atoms with Gasteiger partial charge in [-0.05, 0) is 25.0 Å². The van der Waals surface area contributed by atoms with Crippen LogP contribution in [0, 0.1) is 0 Å². The Balaban J connectivity index is 2.12. The summed E-state index contributed by atoms with van der Waals surface area (Å²) in [6, 6.07) is 2.15. The molecular weight excluding hydrogens is 204 g/mol. The van der Waals surface area contributed by atoms with Crippen molar-refractivity contribution in [2.45, 2.75) is 25.9 Å². The molecule has 0 radical (unpaired) electrons. The molecular formula is C12H22N2O2. The van der Waals surface area contributed by atoms with E-state index in [1.165, 1.54) is 5.56 Å². The van der Waals surface area contributed by atoms with Crippen LogP contribution >= 0.6 is 0 Å². The summed E-state index contributed by atoms with van der Waals surface area (Å²) in [4.78, 5) is 0. The average Bonchev–Trinajstić information content (AvgIpc) is 2.72. The minimum absolute atomic E-state index is 0.101. The Labute approximate surface area is 97.3 Å². The van der Waals surface area contributed by atoms with Gasteiger partial charge in [0.25, 0.3) is 0 Å². The first-order chi connectivity index (χ1) is 7.74. The first-order valence-electron chi connectivity index (χ1n) is 5.72. The predicted octanol–water partition coefficient (Wildman–Crippen LogP) is 1.56. The molecule has 1 unspecified atom stereocenters. The van der Waals surface area contributed by atoms with Crippen LogP contribution in [0.1, 0.15) is 24.9 Å². The lowest BCUT2D eigenvalue weighted by Gasteiger charge is -2.05. The van der Waals surface area contributed by atoms with Crippen molar-refractivity contribution in [3.63, 3.8) is 0 Å². The third-order valence-corrected chi connectivity index (χ3v) is 2.43. The van der Waals surface area contributed by atoms with Crippen LogP contribution in [-0.2, 0) is 16.0 Å². The van der Waals surface area contributed by atoms with Gasteiger partial charge in [-0.25, -0.2) is 0 Å². The second-order valence-electron chi connectivity index (χ2n) is 3.93. The molecule has 16 heavy (non-hydrogen) atoms. The molecule has 1 rings (SSSR count). The molecule has 0 aliphatic heterocycles. The van der Waals surface area contributed by atoms with Gasteiger partial charge < -0.3 is 19.8 Å². The molecule has 0 saturated heterocycles. The Morgan fingerprint density at radius 3 is 2.81 bits per heavy atom. The van der Waals surface area contributed by atoms with E-state index in [1.54, 1.807) is 7.11 Å². The van der Waals surface area contributed by atoms with Crippen LogP contribution < -0.4 is 5.73 Å². The molecule has 0 aliphatic carbocycles. The standard InChI is InChI=1S/C12H22N2O2/c1-11(13)12-4-5-14(10-12)6-9-16-8-3-7-15-2/h4-5,10-11H,3,6-9,13H2,1-2H3. The lowest BCUT2D eigenvalue weighted by molar-refractivity contribution is 0.0977. The van der Waals surface area contributed by atoms with Crippen molar-refractivity contribution < 1.29 is 9.47 Å². The van der Waals surface area contributed by atoms with E-state index in [0.717, 1.165) is 32.8 Å². The summed E-state index contributed by atoms with van der Waals surface area (Å²) < 4.78 is 12.5. The molecule has 1 atom stereocenters. The minimum atomic E-state index is 0.101. The molecule has 1 heterocycles.